The summed E-state index contributed by atoms with van der Waals surface area (Å²) in [4.78, 5) is 22.4. The maximum absolute atomic E-state index is 11.6. The molecule has 0 saturated heterocycles. The Morgan fingerprint density at radius 1 is 1.32 bits per heavy atom. The van der Waals surface area contributed by atoms with E-state index in [1.54, 1.807) is 0 Å². The van der Waals surface area contributed by atoms with E-state index in [0.29, 0.717) is 22.0 Å². The summed E-state index contributed by atoms with van der Waals surface area (Å²) in [6.07, 6.45) is 1.37. The van der Waals surface area contributed by atoms with Crippen LogP contribution in [0.3, 0.4) is 0 Å². The lowest BCUT2D eigenvalue weighted by atomic mass is 10.1. The van der Waals surface area contributed by atoms with Crippen LogP contribution in [0, 0.1) is 6.92 Å². The van der Waals surface area contributed by atoms with Crippen molar-refractivity contribution < 1.29 is 0 Å². The fourth-order valence-corrected chi connectivity index (χ4v) is 2.54. The van der Waals surface area contributed by atoms with Gasteiger partial charge in [-0.25, -0.2) is 4.98 Å². The lowest BCUT2D eigenvalue weighted by Gasteiger charge is -2.02. The molecule has 0 aliphatic carbocycles. The van der Waals surface area contributed by atoms with Gasteiger partial charge in [0, 0.05) is 6.54 Å². The van der Waals surface area contributed by atoms with Crippen molar-refractivity contribution in [2.75, 3.05) is 5.32 Å². The number of rotatable bonds is 3. The van der Waals surface area contributed by atoms with Crippen LogP contribution in [0.15, 0.2) is 35.4 Å². The van der Waals surface area contributed by atoms with Gasteiger partial charge in [0.25, 0.3) is 5.56 Å². The quantitative estimate of drug-likeness (QED) is 0.767. The molecule has 5 nitrogen and oxygen atoms in total. The van der Waals surface area contributed by atoms with Gasteiger partial charge in [-0.15, -0.1) is 0 Å². The average Bonchev–Trinajstić information content (AvgIpc) is 2.83. The summed E-state index contributed by atoms with van der Waals surface area (Å²) in [7, 11) is 0. The molecule has 2 aromatic heterocycles. The van der Waals surface area contributed by atoms with Crippen LogP contribution in [0.1, 0.15) is 11.1 Å². The second-order valence-electron chi connectivity index (χ2n) is 4.24. The van der Waals surface area contributed by atoms with Crippen LogP contribution in [0.25, 0.3) is 10.3 Å². The standard InChI is InChI=1S/C13H12N4OS/c1-8-2-4-9(5-3-8)6-14-13-17-11-10(19-13)12(18)16-7-15-11/h2-5,7H,6H2,1H3,(H2,14,15,16,17,18). The number of fused-ring (bicyclic) bond motifs is 1. The number of H-pyrrole nitrogens is 1. The molecular weight excluding hydrogens is 260 g/mol. The van der Waals surface area contributed by atoms with Gasteiger partial charge in [-0.05, 0) is 12.5 Å². The smallest absolute Gasteiger partial charge is 0.270 e. The molecular formula is C13H12N4OS. The molecule has 0 bridgehead atoms. The Morgan fingerprint density at radius 2 is 2.11 bits per heavy atom. The molecule has 0 spiro atoms. The Labute approximate surface area is 113 Å². The Hall–Kier alpha value is -2.21. The predicted molar refractivity (Wildman–Crippen MR) is 76.5 cm³/mol. The number of nitrogens with zero attached hydrogens (tertiary/aromatic N) is 2. The number of aromatic amines is 1. The monoisotopic (exact) mass is 272 g/mol. The van der Waals surface area contributed by atoms with Crippen molar-refractivity contribution in [3.8, 4) is 0 Å². The minimum Gasteiger partial charge on any atom is -0.357 e. The second-order valence-corrected chi connectivity index (χ2v) is 5.24. The van der Waals surface area contributed by atoms with E-state index in [4.69, 9.17) is 0 Å². The lowest BCUT2D eigenvalue weighted by Crippen LogP contribution is -2.03. The summed E-state index contributed by atoms with van der Waals surface area (Å²) in [5.74, 6) is 0. The first-order chi connectivity index (χ1) is 9.22. The molecule has 0 unspecified atom stereocenters. The Bertz CT molecular complexity index is 760. The fraction of sp³-hybridized carbons (Fsp3) is 0.154. The largest absolute Gasteiger partial charge is 0.357 e. The van der Waals surface area contributed by atoms with Crippen molar-refractivity contribution >= 4 is 26.8 Å². The number of hydrogen-bond donors (Lipinski definition) is 2. The fourth-order valence-electron chi connectivity index (χ4n) is 1.72. The maximum Gasteiger partial charge on any atom is 0.270 e. The van der Waals surface area contributed by atoms with E-state index in [0.717, 1.165) is 0 Å². The summed E-state index contributed by atoms with van der Waals surface area (Å²) < 4.78 is 0.550. The van der Waals surface area contributed by atoms with Crippen LogP contribution in [-0.2, 0) is 6.54 Å². The normalized spacial score (nSPS) is 10.8. The van der Waals surface area contributed by atoms with Gasteiger partial charge in [0.05, 0.1) is 6.33 Å². The Kier molecular flexibility index (Phi) is 3.00. The molecule has 19 heavy (non-hydrogen) atoms. The van der Waals surface area contributed by atoms with Gasteiger partial charge in [0.1, 0.15) is 4.70 Å². The molecule has 3 rings (SSSR count). The van der Waals surface area contributed by atoms with E-state index in [9.17, 15) is 4.79 Å². The lowest BCUT2D eigenvalue weighted by molar-refractivity contribution is 1.12. The van der Waals surface area contributed by atoms with Gasteiger partial charge in [-0.1, -0.05) is 41.2 Å². The minimum absolute atomic E-state index is 0.147. The SMILES string of the molecule is Cc1ccc(CNc2nc3nc[nH]c(=O)c3s2)cc1. The van der Waals surface area contributed by atoms with Gasteiger partial charge in [0.15, 0.2) is 10.8 Å². The summed E-state index contributed by atoms with van der Waals surface area (Å²) in [6, 6.07) is 8.28. The van der Waals surface area contributed by atoms with E-state index in [2.05, 4.69) is 51.5 Å². The van der Waals surface area contributed by atoms with Crippen molar-refractivity contribution in [1.82, 2.24) is 15.0 Å². The van der Waals surface area contributed by atoms with Crippen molar-refractivity contribution in [3.63, 3.8) is 0 Å². The first kappa shape index (κ1) is 11.9. The highest BCUT2D eigenvalue weighted by atomic mass is 32.1. The molecule has 3 aromatic rings. The maximum atomic E-state index is 11.6. The van der Waals surface area contributed by atoms with Gasteiger partial charge >= 0.3 is 0 Å². The molecule has 6 heteroatoms. The third kappa shape index (κ3) is 2.48. The molecule has 0 saturated carbocycles. The van der Waals surface area contributed by atoms with Gasteiger partial charge in [-0.3, -0.25) is 4.79 Å². The van der Waals surface area contributed by atoms with Crippen molar-refractivity contribution in [3.05, 3.63) is 52.1 Å². The van der Waals surface area contributed by atoms with E-state index in [1.165, 1.54) is 28.8 Å². The van der Waals surface area contributed by atoms with E-state index in [1.807, 2.05) is 0 Å². The van der Waals surface area contributed by atoms with Crippen LogP contribution < -0.4 is 10.9 Å². The van der Waals surface area contributed by atoms with E-state index >= 15 is 0 Å². The highest BCUT2D eigenvalue weighted by Gasteiger charge is 2.07. The number of aromatic nitrogens is 3. The number of anilines is 1. The van der Waals surface area contributed by atoms with Crippen molar-refractivity contribution in [2.24, 2.45) is 0 Å². The summed E-state index contributed by atoms with van der Waals surface area (Å²) in [6.45, 7) is 2.74. The number of thiazole rings is 1. The van der Waals surface area contributed by atoms with Gasteiger partial charge in [0.2, 0.25) is 0 Å². The van der Waals surface area contributed by atoms with Gasteiger partial charge in [-0.2, -0.15) is 4.98 Å². The van der Waals surface area contributed by atoms with E-state index in [-0.39, 0.29) is 5.56 Å². The summed E-state index contributed by atoms with van der Waals surface area (Å²) >= 11 is 1.32. The average molecular weight is 272 g/mol. The molecule has 96 valence electrons. The Morgan fingerprint density at radius 3 is 2.84 bits per heavy atom. The minimum atomic E-state index is -0.147. The van der Waals surface area contributed by atoms with E-state index < -0.39 is 0 Å². The third-order valence-corrected chi connectivity index (χ3v) is 3.76. The molecule has 0 amide bonds. The van der Waals surface area contributed by atoms with Crippen LogP contribution in [-0.4, -0.2) is 15.0 Å². The van der Waals surface area contributed by atoms with Gasteiger partial charge < -0.3 is 10.3 Å². The summed E-state index contributed by atoms with van der Waals surface area (Å²) in [5.41, 5.74) is 2.75. The Balaban J connectivity index is 1.80. The van der Waals surface area contributed by atoms with Crippen molar-refractivity contribution in [1.29, 1.82) is 0 Å². The zero-order chi connectivity index (χ0) is 13.2. The molecule has 0 atom stereocenters. The predicted octanol–water partition coefficient (Wildman–Crippen LogP) is 2.30. The highest BCUT2D eigenvalue weighted by Crippen LogP contribution is 2.21. The molecule has 0 radical (unpaired) electrons. The molecule has 1 aromatic carbocycles. The van der Waals surface area contributed by atoms with Crippen LogP contribution in [0.5, 0.6) is 0 Å². The topological polar surface area (TPSA) is 70.7 Å². The summed E-state index contributed by atoms with van der Waals surface area (Å²) in [5, 5.41) is 3.92. The third-order valence-electron chi connectivity index (χ3n) is 2.76. The van der Waals surface area contributed by atoms with Crippen LogP contribution in [0.2, 0.25) is 0 Å². The molecule has 2 heterocycles. The zero-order valence-corrected chi connectivity index (χ0v) is 11.1. The van der Waals surface area contributed by atoms with Crippen LogP contribution >= 0.6 is 11.3 Å². The zero-order valence-electron chi connectivity index (χ0n) is 10.3. The first-order valence-corrected chi connectivity index (χ1v) is 6.68. The number of aryl methyl sites for hydroxylation is 1. The van der Waals surface area contributed by atoms with Crippen molar-refractivity contribution in [2.45, 2.75) is 13.5 Å². The molecule has 0 aliphatic heterocycles. The molecule has 0 fully saturated rings. The number of benzene rings is 1. The van der Waals surface area contributed by atoms with Crippen LogP contribution in [0.4, 0.5) is 5.13 Å². The number of nitrogens with one attached hydrogen (secondary N) is 2. The molecule has 0 aliphatic rings. The number of hydrogen-bond acceptors (Lipinski definition) is 5. The first-order valence-electron chi connectivity index (χ1n) is 5.86. The second kappa shape index (κ2) is 4.81. The molecule has 2 N–H and O–H groups in total. The highest BCUT2D eigenvalue weighted by molar-refractivity contribution is 7.22.